The molecule has 1 heterocycles. The fourth-order valence-electron chi connectivity index (χ4n) is 0.373. The number of hydrogen-bond acceptors (Lipinski definition) is 3. The van der Waals surface area contributed by atoms with Gasteiger partial charge in [-0.3, -0.25) is 0 Å². The zero-order valence-corrected chi connectivity index (χ0v) is 6.04. The Hall–Kier alpha value is -0.0600. The van der Waals surface area contributed by atoms with E-state index in [2.05, 4.69) is 35.2 Å². The van der Waals surface area contributed by atoms with Crippen molar-refractivity contribution in [2.45, 2.75) is 0 Å². The maximum Gasteiger partial charge on any atom is 0.182 e. The molecule has 0 radical (unpaired) electrons. The molecule has 2 nitrogen and oxygen atoms in total. The summed E-state index contributed by atoms with van der Waals surface area (Å²) in [5.41, 5.74) is 0. The summed E-state index contributed by atoms with van der Waals surface area (Å²) in [7, 11) is 0. The van der Waals surface area contributed by atoms with Crippen LogP contribution in [0.2, 0.25) is 0 Å². The number of quaternary nitrogens is 1. The molecule has 1 rings (SSSR count). The molecule has 1 aliphatic rings. The Kier molecular flexibility index (Phi) is 6.89. The molecule has 0 aliphatic carbocycles. The van der Waals surface area contributed by atoms with Crippen LogP contribution in [0.3, 0.4) is 0 Å². The number of nitrogens with two attached hydrogens (primary N) is 1. The minimum Gasteiger partial charge on any atom is -0.436 e. The summed E-state index contributed by atoms with van der Waals surface area (Å²) in [6.45, 7) is 2.17. The zero-order valence-electron chi connectivity index (χ0n) is 4.41. The molecule has 0 aromatic carbocycles. The van der Waals surface area contributed by atoms with Gasteiger partial charge in [0.05, 0.1) is 6.54 Å². The highest BCUT2D eigenvalue weighted by atomic mass is 32.1. The second kappa shape index (κ2) is 6.94. The summed E-state index contributed by atoms with van der Waals surface area (Å²) >= 11 is 8.17. The largest absolute Gasteiger partial charge is 0.436 e. The third-order valence-corrected chi connectivity index (χ3v) is 0.636. The highest BCUT2D eigenvalue weighted by molar-refractivity contribution is 7.97. The third-order valence-electron chi connectivity index (χ3n) is 0.636. The number of nitrogens with zero attached hydrogens (tertiary/aromatic N) is 1. The first-order chi connectivity index (χ1) is 3.91. The predicted molar refractivity (Wildman–Crippen MR) is 41.2 cm³/mol. The van der Waals surface area contributed by atoms with Crippen LogP contribution in [-0.4, -0.2) is 24.1 Å². The van der Waals surface area contributed by atoms with Crippen LogP contribution in [0, 0.1) is 0 Å². The first-order valence-electron chi connectivity index (χ1n) is 2.29. The Bertz CT molecular complexity index is 76.1. The predicted octanol–water partition coefficient (Wildman–Crippen LogP) is -0.918. The van der Waals surface area contributed by atoms with E-state index < -0.39 is 0 Å². The van der Waals surface area contributed by atoms with Gasteiger partial charge in [-0.15, -0.1) is 0 Å². The van der Waals surface area contributed by atoms with E-state index in [0.29, 0.717) is 0 Å². The van der Waals surface area contributed by atoms with Crippen molar-refractivity contribution < 1.29 is 5.32 Å². The molecule has 0 aromatic heterocycles. The Morgan fingerprint density at radius 3 is 2.62 bits per heavy atom. The lowest BCUT2D eigenvalue weighted by atomic mass is 10.7. The smallest absolute Gasteiger partial charge is 0.182 e. The highest BCUT2D eigenvalue weighted by Gasteiger charge is 1.88. The summed E-state index contributed by atoms with van der Waals surface area (Å²) in [6.07, 6.45) is 1.86. The van der Waals surface area contributed by atoms with Crippen molar-refractivity contribution in [2.75, 3.05) is 13.1 Å². The quantitative estimate of drug-likeness (QED) is 0.356. The van der Waals surface area contributed by atoms with Crippen molar-refractivity contribution in [3.05, 3.63) is 0 Å². The first kappa shape index (κ1) is 7.94. The number of aliphatic imine (C=N–C) groups is 1. The van der Waals surface area contributed by atoms with Gasteiger partial charge in [-0.2, -0.15) is 4.70 Å². The molecule has 0 fully saturated rings. The molecule has 0 saturated heterocycles. The normalized spacial score (nSPS) is 14.5. The molecule has 1 aliphatic heterocycles. The molecular weight excluding hydrogens is 140 g/mol. The lowest BCUT2D eigenvalue weighted by Gasteiger charge is -1.68. The minimum absolute atomic E-state index is 1.01. The fourth-order valence-corrected chi connectivity index (χ4v) is 0.373. The molecule has 0 bridgehead atoms. The van der Waals surface area contributed by atoms with Gasteiger partial charge >= 0.3 is 0 Å². The molecule has 2 N–H and O–H groups in total. The Morgan fingerprint density at radius 2 is 2.50 bits per heavy atom. The van der Waals surface area contributed by atoms with Gasteiger partial charge in [0.15, 0.2) is 6.34 Å². The number of hydrogen-bond donors (Lipinski definition) is 1. The van der Waals surface area contributed by atoms with Gasteiger partial charge < -0.3 is 30.2 Å². The Morgan fingerprint density at radius 1 is 1.88 bits per heavy atom. The minimum atomic E-state index is 1.01. The van der Waals surface area contributed by atoms with E-state index >= 15 is 0 Å². The van der Waals surface area contributed by atoms with E-state index in [1.54, 1.807) is 0 Å². The van der Waals surface area contributed by atoms with E-state index in [-0.39, 0.29) is 0 Å². The van der Waals surface area contributed by atoms with Gasteiger partial charge in [0.2, 0.25) is 0 Å². The fraction of sp³-hybridized carbons (Fsp3) is 0.500. The van der Waals surface area contributed by atoms with Gasteiger partial charge in [-0.25, -0.2) is 4.99 Å². The lowest BCUT2D eigenvalue weighted by molar-refractivity contribution is -0.518. The van der Waals surface area contributed by atoms with Crippen molar-refractivity contribution in [1.82, 2.24) is 0 Å². The molecule has 0 unspecified atom stereocenters. The molecule has 46 valence electrons. The van der Waals surface area contributed by atoms with Crippen LogP contribution >= 0.6 is 12.2 Å². The van der Waals surface area contributed by atoms with Gasteiger partial charge in [0, 0.05) is 0 Å². The molecule has 0 atom stereocenters. The number of rotatable bonds is 0. The van der Waals surface area contributed by atoms with Crippen LogP contribution in [0.25, 0.3) is 0 Å². The van der Waals surface area contributed by atoms with Gasteiger partial charge in [-0.05, 0) is 0 Å². The van der Waals surface area contributed by atoms with Crippen LogP contribution in [0.5, 0.6) is 0 Å². The lowest BCUT2D eigenvalue weighted by Crippen LogP contribution is -2.80. The highest BCUT2D eigenvalue weighted by Crippen LogP contribution is 1.59. The van der Waals surface area contributed by atoms with Crippen molar-refractivity contribution in [2.24, 2.45) is 4.99 Å². The van der Waals surface area contributed by atoms with Crippen molar-refractivity contribution in [1.29, 1.82) is 0 Å². The third kappa shape index (κ3) is 5.94. The standard InChI is InChI=1S/C3H6N2.CH2S2/c1-2-5-3-4-1;2-1-3/h3H,1-2H2,(H,4,5);1H,(H,2,3). The van der Waals surface area contributed by atoms with Gasteiger partial charge in [-0.1, -0.05) is 0 Å². The monoisotopic (exact) mass is 148 g/mol. The Labute approximate surface area is 59.8 Å². The molecule has 0 saturated carbocycles. The summed E-state index contributed by atoms with van der Waals surface area (Å²) in [5.74, 6) is 0. The Balaban J connectivity index is 0.000000145. The topological polar surface area (TPSA) is 29.0 Å². The van der Waals surface area contributed by atoms with E-state index in [4.69, 9.17) is 0 Å². The van der Waals surface area contributed by atoms with Crippen molar-refractivity contribution in [3.8, 4) is 0 Å². The SMILES string of the molecule is C1=NCC[NH2+]1.S=C[S-]. The molecule has 8 heavy (non-hydrogen) atoms. The maximum absolute atomic E-state index is 4.08. The van der Waals surface area contributed by atoms with Crippen LogP contribution in [0.4, 0.5) is 0 Å². The number of thiocarbonyl (C=S) groups is 1. The van der Waals surface area contributed by atoms with Crippen molar-refractivity contribution >= 4 is 35.9 Å². The van der Waals surface area contributed by atoms with Gasteiger partial charge in [0.1, 0.15) is 6.54 Å². The molecule has 0 spiro atoms. The average Bonchev–Trinajstić information content (AvgIpc) is 2.17. The van der Waals surface area contributed by atoms with E-state index in [9.17, 15) is 0 Å². The summed E-state index contributed by atoms with van der Waals surface area (Å²) in [6, 6.07) is 0. The van der Waals surface area contributed by atoms with Crippen LogP contribution in [-0.2, 0) is 12.6 Å². The van der Waals surface area contributed by atoms with Crippen molar-refractivity contribution in [3.63, 3.8) is 0 Å². The molecule has 4 heteroatoms. The molecular formula is C4H8N2S2. The summed E-state index contributed by atoms with van der Waals surface area (Å²) < 4.78 is 1.17. The van der Waals surface area contributed by atoms with Crippen LogP contribution in [0.15, 0.2) is 4.99 Å². The maximum atomic E-state index is 4.08. The first-order valence-corrected chi connectivity index (χ1v) is 3.23. The average molecular weight is 148 g/mol. The van der Waals surface area contributed by atoms with Gasteiger partial charge in [0.25, 0.3) is 0 Å². The van der Waals surface area contributed by atoms with Crippen LogP contribution < -0.4 is 5.32 Å². The summed E-state index contributed by atoms with van der Waals surface area (Å²) in [4.78, 5) is 3.90. The molecule has 0 aromatic rings. The van der Waals surface area contributed by atoms with E-state index in [1.807, 2.05) is 6.34 Å². The second-order valence-electron chi connectivity index (χ2n) is 1.18. The zero-order chi connectivity index (χ0) is 6.24. The second-order valence-corrected chi connectivity index (χ2v) is 1.95. The van der Waals surface area contributed by atoms with E-state index in [1.165, 1.54) is 4.70 Å². The summed E-state index contributed by atoms with van der Waals surface area (Å²) in [5, 5.41) is 2.07. The van der Waals surface area contributed by atoms with E-state index in [0.717, 1.165) is 13.1 Å². The molecule has 0 amide bonds. The van der Waals surface area contributed by atoms with Crippen LogP contribution in [0.1, 0.15) is 0 Å².